The molecule has 6 heteroatoms. The third-order valence-corrected chi connectivity index (χ3v) is 3.50. The van der Waals surface area contributed by atoms with Crippen molar-refractivity contribution in [2.24, 2.45) is 0 Å². The molecule has 0 radical (unpaired) electrons. The maximum absolute atomic E-state index is 11.7. The van der Waals surface area contributed by atoms with Crippen molar-refractivity contribution >= 4 is 17.2 Å². The van der Waals surface area contributed by atoms with Gasteiger partial charge in [0.15, 0.2) is 0 Å². The summed E-state index contributed by atoms with van der Waals surface area (Å²) in [6, 6.07) is 7.63. The van der Waals surface area contributed by atoms with Crippen LogP contribution in [0, 0.1) is 0 Å². The van der Waals surface area contributed by atoms with E-state index in [4.69, 9.17) is 9.84 Å². The van der Waals surface area contributed by atoms with Crippen LogP contribution in [0.4, 0.5) is 0 Å². The van der Waals surface area contributed by atoms with Crippen LogP contribution in [0.1, 0.15) is 24.3 Å². The van der Waals surface area contributed by atoms with Crippen LogP contribution in [-0.4, -0.2) is 35.3 Å². The first-order valence-corrected chi connectivity index (χ1v) is 7.60. The molecular weight excluding hydrogens is 288 g/mol. The first kappa shape index (κ1) is 15.5. The van der Waals surface area contributed by atoms with Crippen molar-refractivity contribution in [3.05, 3.63) is 35.3 Å². The van der Waals surface area contributed by atoms with Gasteiger partial charge < -0.3 is 15.2 Å². The lowest BCUT2D eigenvalue weighted by Crippen LogP contribution is -2.26. The molecule has 2 rings (SSSR count). The summed E-state index contributed by atoms with van der Waals surface area (Å²) in [6.45, 7) is 4.10. The van der Waals surface area contributed by atoms with Crippen LogP contribution in [0.5, 0.6) is 5.75 Å². The molecule has 2 aromatic rings. The normalized spacial score (nSPS) is 10.7. The Bertz CT molecular complexity index is 593. The van der Waals surface area contributed by atoms with E-state index < -0.39 is 0 Å². The number of aromatic nitrogens is 1. The van der Waals surface area contributed by atoms with Gasteiger partial charge in [0, 0.05) is 17.5 Å². The number of nitrogens with one attached hydrogen (secondary N) is 1. The molecule has 1 aromatic heterocycles. The number of benzene rings is 1. The standard InChI is InChI=1S/C15H18N2O3S/c1-10(2)20-12-5-3-11(4-6-12)15-17-13(9-21-15)14(19)16-7-8-18/h3-6,9-10,18H,7-8H2,1-2H3,(H,16,19). The second kappa shape index (κ2) is 7.19. The molecule has 1 amide bonds. The summed E-state index contributed by atoms with van der Waals surface area (Å²) < 4.78 is 5.59. The summed E-state index contributed by atoms with van der Waals surface area (Å²) in [5, 5.41) is 13.8. The van der Waals surface area contributed by atoms with Gasteiger partial charge in [-0.15, -0.1) is 11.3 Å². The molecule has 0 unspecified atom stereocenters. The predicted molar refractivity (Wildman–Crippen MR) is 82.7 cm³/mol. The molecule has 0 aliphatic heterocycles. The van der Waals surface area contributed by atoms with Crippen LogP contribution in [0.25, 0.3) is 10.6 Å². The van der Waals surface area contributed by atoms with Gasteiger partial charge in [0.1, 0.15) is 16.5 Å². The van der Waals surface area contributed by atoms with Crippen LogP contribution in [0.15, 0.2) is 29.6 Å². The van der Waals surface area contributed by atoms with E-state index in [0.717, 1.165) is 16.3 Å². The molecule has 21 heavy (non-hydrogen) atoms. The average Bonchev–Trinajstić information content (AvgIpc) is 2.95. The molecule has 1 heterocycles. The van der Waals surface area contributed by atoms with Crippen LogP contribution in [0.3, 0.4) is 0 Å². The van der Waals surface area contributed by atoms with Gasteiger partial charge in [-0.1, -0.05) is 0 Å². The SMILES string of the molecule is CC(C)Oc1ccc(-c2nc(C(=O)NCCO)cs2)cc1. The number of ether oxygens (including phenoxy) is 1. The molecule has 0 saturated carbocycles. The Hall–Kier alpha value is -1.92. The van der Waals surface area contributed by atoms with Crippen LogP contribution in [-0.2, 0) is 0 Å². The first-order valence-electron chi connectivity index (χ1n) is 6.72. The van der Waals surface area contributed by atoms with Crippen molar-refractivity contribution in [1.82, 2.24) is 10.3 Å². The van der Waals surface area contributed by atoms with Crippen LogP contribution >= 0.6 is 11.3 Å². The number of rotatable bonds is 6. The molecular formula is C15H18N2O3S. The lowest BCUT2D eigenvalue weighted by molar-refractivity contribution is 0.0940. The zero-order valence-corrected chi connectivity index (χ0v) is 12.8. The molecule has 112 valence electrons. The molecule has 1 aromatic carbocycles. The Morgan fingerprint density at radius 1 is 1.38 bits per heavy atom. The van der Waals surface area contributed by atoms with Gasteiger partial charge in [-0.25, -0.2) is 4.98 Å². The minimum absolute atomic E-state index is 0.0833. The Morgan fingerprint density at radius 2 is 2.10 bits per heavy atom. The number of carbonyl (C=O) groups excluding carboxylic acids is 1. The smallest absolute Gasteiger partial charge is 0.270 e. The van der Waals surface area contributed by atoms with Gasteiger partial charge in [0.25, 0.3) is 5.91 Å². The van der Waals surface area contributed by atoms with Crippen molar-refractivity contribution in [3.8, 4) is 16.3 Å². The number of aliphatic hydroxyl groups excluding tert-OH is 1. The van der Waals surface area contributed by atoms with E-state index in [1.54, 1.807) is 5.38 Å². The summed E-state index contributed by atoms with van der Waals surface area (Å²) in [4.78, 5) is 16.0. The zero-order chi connectivity index (χ0) is 15.2. The highest BCUT2D eigenvalue weighted by molar-refractivity contribution is 7.13. The van der Waals surface area contributed by atoms with E-state index in [2.05, 4.69) is 10.3 Å². The van der Waals surface area contributed by atoms with E-state index in [0.29, 0.717) is 5.69 Å². The fraction of sp³-hybridized carbons (Fsp3) is 0.333. The van der Waals surface area contributed by atoms with Gasteiger partial charge in [-0.3, -0.25) is 4.79 Å². The van der Waals surface area contributed by atoms with Gasteiger partial charge >= 0.3 is 0 Å². The molecule has 0 aliphatic rings. The van der Waals surface area contributed by atoms with Crippen molar-refractivity contribution in [2.45, 2.75) is 20.0 Å². The monoisotopic (exact) mass is 306 g/mol. The Kier molecular flexibility index (Phi) is 5.30. The topological polar surface area (TPSA) is 71.5 Å². The quantitative estimate of drug-likeness (QED) is 0.859. The van der Waals surface area contributed by atoms with Crippen molar-refractivity contribution in [1.29, 1.82) is 0 Å². The number of carbonyl (C=O) groups is 1. The minimum atomic E-state index is -0.272. The van der Waals surface area contributed by atoms with E-state index in [-0.39, 0.29) is 25.2 Å². The highest BCUT2D eigenvalue weighted by Crippen LogP contribution is 2.26. The van der Waals surface area contributed by atoms with Crippen molar-refractivity contribution in [3.63, 3.8) is 0 Å². The molecule has 0 saturated heterocycles. The highest BCUT2D eigenvalue weighted by Gasteiger charge is 2.11. The number of hydrogen-bond donors (Lipinski definition) is 2. The van der Waals surface area contributed by atoms with Crippen LogP contribution < -0.4 is 10.1 Å². The lowest BCUT2D eigenvalue weighted by Gasteiger charge is -2.09. The number of aliphatic hydroxyl groups is 1. The average molecular weight is 306 g/mol. The van der Waals surface area contributed by atoms with Gasteiger partial charge in [-0.2, -0.15) is 0 Å². The maximum Gasteiger partial charge on any atom is 0.270 e. The van der Waals surface area contributed by atoms with Gasteiger partial charge in [0.05, 0.1) is 12.7 Å². The molecule has 0 spiro atoms. The van der Waals surface area contributed by atoms with E-state index in [1.165, 1.54) is 11.3 Å². The summed E-state index contributed by atoms with van der Waals surface area (Å²) in [5.74, 6) is 0.539. The number of amides is 1. The number of hydrogen-bond acceptors (Lipinski definition) is 5. The molecule has 5 nitrogen and oxygen atoms in total. The van der Waals surface area contributed by atoms with Gasteiger partial charge in [-0.05, 0) is 38.1 Å². The lowest BCUT2D eigenvalue weighted by atomic mass is 10.2. The summed E-state index contributed by atoms with van der Waals surface area (Å²) in [6.07, 6.45) is 0.137. The second-order valence-corrected chi connectivity index (χ2v) is 5.57. The zero-order valence-electron chi connectivity index (χ0n) is 12.0. The molecule has 0 aliphatic carbocycles. The van der Waals surface area contributed by atoms with Crippen LogP contribution in [0.2, 0.25) is 0 Å². The fourth-order valence-corrected chi connectivity index (χ4v) is 2.53. The largest absolute Gasteiger partial charge is 0.491 e. The first-order chi connectivity index (χ1) is 10.1. The van der Waals surface area contributed by atoms with Crippen molar-refractivity contribution < 1.29 is 14.6 Å². The Labute approximate surface area is 127 Å². The summed E-state index contributed by atoms with van der Waals surface area (Å²) in [7, 11) is 0. The maximum atomic E-state index is 11.7. The Morgan fingerprint density at radius 3 is 2.71 bits per heavy atom. The van der Waals surface area contributed by atoms with Crippen molar-refractivity contribution in [2.75, 3.05) is 13.2 Å². The second-order valence-electron chi connectivity index (χ2n) is 4.71. The molecule has 0 fully saturated rings. The van der Waals surface area contributed by atoms with E-state index >= 15 is 0 Å². The minimum Gasteiger partial charge on any atom is -0.491 e. The number of thiazole rings is 1. The molecule has 0 bridgehead atoms. The van der Waals surface area contributed by atoms with E-state index in [1.807, 2.05) is 38.1 Å². The third-order valence-electron chi connectivity index (χ3n) is 2.61. The Balaban J connectivity index is 2.08. The third kappa shape index (κ3) is 4.27. The summed E-state index contributed by atoms with van der Waals surface area (Å²) in [5.41, 5.74) is 1.31. The molecule has 2 N–H and O–H groups in total. The van der Waals surface area contributed by atoms with Gasteiger partial charge in [0.2, 0.25) is 0 Å². The van der Waals surface area contributed by atoms with E-state index in [9.17, 15) is 4.79 Å². The molecule has 0 atom stereocenters. The highest BCUT2D eigenvalue weighted by atomic mass is 32.1. The summed E-state index contributed by atoms with van der Waals surface area (Å²) >= 11 is 1.41. The number of nitrogens with zero attached hydrogens (tertiary/aromatic N) is 1. The fourth-order valence-electron chi connectivity index (χ4n) is 1.72. The predicted octanol–water partition coefficient (Wildman–Crippen LogP) is 2.32.